The molecule has 246 valence electrons. The van der Waals surface area contributed by atoms with Crippen LogP contribution in [0.1, 0.15) is 75.7 Å². The number of benzene rings is 3. The Balaban J connectivity index is 1.89. The van der Waals surface area contributed by atoms with Gasteiger partial charge in [0, 0.05) is 24.7 Å². The summed E-state index contributed by atoms with van der Waals surface area (Å²) in [4.78, 5) is 29.1. The Kier molecular flexibility index (Phi) is 10.6. The first-order valence-corrected chi connectivity index (χ1v) is 15.5. The van der Waals surface area contributed by atoms with Gasteiger partial charge in [-0.2, -0.15) is 13.2 Å². The van der Waals surface area contributed by atoms with Crippen LogP contribution in [0.3, 0.4) is 0 Å². The van der Waals surface area contributed by atoms with Gasteiger partial charge in [0.25, 0.3) is 5.76 Å². The molecule has 1 heterocycles. The second kappa shape index (κ2) is 13.9. The van der Waals surface area contributed by atoms with Crippen LogP contribution in [-0.4, -0.2) is 24.0 Å². The van der Waals surface area contributed by atoms with Gasteiger partial charge < -0.3 is 13.9 Å². The summed E-state index contributed by atoms with van der Waals surface area (Å²) < 4.78 is 60.3. The first-order valence-electron chi connectivity index (χ1n) is 15.1. The van der Waals surface area contributed by atoms with E-state index < -0.39 is 29.1 Å². The molecule has 0 aliphatic rings. The van der Waals surface area contributed by atoms with Crippen molar-refractivity contribution in [3.05, 3.63) is 98.4 Å². The minimum Gasteiger partial charge on any atom is -0.449 e. The highest BCUT2D eigenvalue weighted by molar-refractivity contribution is 6.30. The van der Waals surface area contributed by atoms with Gasteiger partial charge in [0.2, 0.25) is 11.2 Å². The zero-order valence-electron chi connectivity index (χ0n) is 27.0. The Hall–Kier alpha value is -3.82. The van der Waals surface area contributed by atoms with E-state index in [4.69, 9.17) is 25.5 Å². The Morgan fingerprint density at radius 1 is 0.891 bits per heavy atom. The number of hydrogen-bond acceptors (Lipinski definition) is 6. The standard InChI is InChI=1S/C36H39ClF3NO5/c1-21(2)18-41(19-22(3)4)20-28-29(45-34(43)23-8-10-24(11-9-23)35(5,6)7)17-16-27-30(42)32(33(36(38,39)40)46-31(27)28)44-26-14-12-25(37)13-15-26/h8-17,21-22H,18-20H2,1-7H3. The van der Waals surface area contributed by atoms with Crippen molar-refractivity contribution in [3.8, 4) is 17.2 Å². The second-order valence-electron chi connectivity index (χ2n) is 13.3. The van der Waals surface area contributed by atoms with Crippen molar-refractivity contribution < 1.29 is 31.9 Å². The average Bonchev–Trinajstić information content (AvgIpc) is 2.95. The number of esters is 1. The lowest BCUT2D eigenvalue weighted by Gasteiger charge is -2.27. The fourth-order valence-electron chi connectivity index (χ4n) is 5.15. The fourth-order valence-corrected chi connectivity index (χ4v) is 5.28. The quantitative estimate of drug-likeness (QED) is 0.125. The van der Waals surface area contributed by atoms with Crippen molar-refractivity contribution in [2.75, 3.05) is 13.1 Å². The number of alkyl halides is 3. The van der Waals surface area contributed by atoms with Gasteiger partial charge in [0.1, 0.15) is 17.1 Å². The summed E-state index contributed by atoms with van der Waals surface area (Å²) >= 11 is 5.91. The molecule has 0 atom stereocenters. The van der Waals surface area contributed by atoms with Crippen molar-refractivity contribution in [2.45, 2.75) is 66.6 Å². The van der Waals surface area contributed by atoms with E-state index in [2.05, 4.69) is 20.8 Å². The van der Waals surface area contributed by atoms with Crippen LogP contribution >= 0.6 is 11.6 Å². The smallest absolute Gasteiger partial charge is 0.449 e. The maximum atomic E-state index is 14.5. The minimum absolute atomic E-state index is 0.00226. The van der Waals surface area contributed by atoms with Crippen LogP contribution in [-0.2, 0) is 18.1 Å². The molecule has 0 N–H and O–H groups in total. The van der Waals surface area contributed by atoms with Crippen LogP contribution < -0.4 is 14.9 Å². The Bertz CT molecular complexity index is 1730. The molecule has 4 aromatic rings. The average molecular weight is 658 g/mol. The lowest BCUT2D eigenvalue weighted by atomic mass is 9.87. The van der Waals surface area contributed by atoms with Crippen LogP contribution in [0.25, 0.3) is 11.0 Å². The van der Waals surface area contributed by atoms with Crippen molar-refractivity contribution in [1.82, 2.24) is 4.90 Å². The van der Waals surface area contributed by atoms with Gasteiger partial charge in [-0.05, 0) is 71.3 Å². The highest BCUT2D eigenvalue weighted by Crippen LogP contribution is 2.40. The zero-order valence-corrected chi connectivity index (χ0v) is 27.8. The summed E-state index contributed by atoms with van der Waals surface area (Å²) in [6, 6.07) is 15.2. The molecule has 0 spiro atoms. The number of ether oxygens (including phenoxy) is 2. The Labute approximate surface area is 272 Å². The van der Waals surface area contributed by atoms with E-state index in [1.807, 2.05) is 44.7 Å². The SMILES string of the molecule is CC(C)CN(Cc1c(OC(=O)c2ccc(C(C)(C)C)cc2)ccc2c(=O)c(Oc3ccc(Cl)cc3)c(C(F)(F)F)oc12)CC(C)C. The molecule has 4 rings (SSSR count). The molecule has 0 radical (unpaired) electrons. The van der Waals surface area contributed by atoms with Crippen LogP contribution in [0, 0.1) is 11.8 Å². The zero-order chi connectivity index (χ0) is 34.0. The van der Waals surface area contributed by atoms with Gasteiger partial charge >= 0.3 is 12.1 Å². The van der Waals surface area contributed by atoms with Crippen molar-refractivity contribution in [2.24, 2.45) is 11.8 Å². The molecule has 6 nitrogen and oxygen atoms in total. The summed E-state index contributed by atoms with van der Waals surface area (Å²) in [5.41, 5.74) is -0.0323. The van der Waals surface area contributed by atoms with Crippen LogP contribution in [0.2, 0.25) is 5.02 Å². The lowest BCUT2D eigenvalue weighted by Crippen LogP contribution is -2.31. The summed E-state index contributed by atoms with van der Waals surface area (Å²) in [5, 5.41) is 0.202. The fraction of sp³-hybridized carbons (Fsp3) is 0.389. The molecule has 0 bridgehead atoms. The first kappa shape index (κ1) is 35.0. The highest BCUT2D eigenvalue weighted by Gasteiger charge is 2.41. The molecule has 0 aliphatic carbocycles. The first-order chi connectivity index (χ1) is 21.4. The van der Waals surface area contributed by atoms with Crippen molar-refractivity contribution in [3.63, 3.8) is 0 Å². The third kappa shape index (κ3) is 8.50. The molecular formula is C36H39ClF3NO5. The van der Waals surface area contributed by atoms with E-state index >= 15 is 0 Å². The normalized spacial score (nSPS) is 12.4. The predicted molar refractivity (Wildman–Crippen MR) is 174 cm³/mol. The van der Waals surface area contributed by atoms with Gasteiger partial charge in [-0.25, -0.2) is 4.79 Å². The third-order valence-electron chi connectivity index (χ3n) is 7.19. The molecule has 10 heteroatoms. The van der Waals surface area contributed by atoms with Crippen LogP contribution in [0.15, 0.2) is 69.9 Å². The second-order valence-corrected chi connectivity index (χ2v) is 13.7. The predicted octanol–water partition coefficient (Wildman–Crippen LogP) is 9.89. The number of carbonyl (C=O) groups is 1. The highest BCUT2D eigenvalue weighted by atomic mass is 35.5. The molecule has 0 aliphatic heterocycles. The van der Waals surface area contributed by atoms with Gasteiger partial charge in [-0.15, -0.1) is 0 Å². The number of hydrogen-bond donors (Lipinski definition) is 0. The maximum absolute atomic E-state index is 14.5. The van der Waals surface area contributed by atoms with E-state index in [1.54, 1.807) is 12.1 Å². The number of rotatable bonds is 10. The topological polar surface area (TPSA) is 69.0 Å². The number of nitrogens with zero attached hydrogens (tertiary/aromatic N) is 1. The van der Waals surface area contributed by atoms with Crippen molar-refractivity contribution >= 4 is 28.5 Å². The van der Waals surface area contributed by atoms with Crippen molar-refractivity contribution in [1.29, 1.82) is 0 Å². The summed E-state index contributed by atoms with van der Waals surface area (Å²) in [6.45, 7) is 15.5. The van der Waals surface area contributed by atoms with Gasteiger partial charge in [-0.1, -0.05) is 72.2 Å². The molecule has 0 fully saturated rings. The summed E-state index contributed by atoms with van der Waals surface area (Å²) in [5.74, 6) is -2.87. The third-order valence-corrected chi connectivity index (χ3v) is 7.44. The molecule has 46 heavy (non-hydrogen) atoms. The molecule has 0 amide bonds. The number of fused-ring (bicyclic) bond motifs is 1. The molecular weight excluding hydrogens is 619 g/mol. The number of carbonyl (C=O) groups excluding carboxylic acids is 1. The van der Waals surface area contributed by atoms with Gasteiger partial charge in [0.05, 0.1) is 16.5 Å². The maximum Gasteiger partial charge on any atom is 0.453 e. The molecule has 0 saturated carbocycles. The van der Waals surface area contributed by atoms with Crippen LogP contribution in [0.5, 0.6) is 17.2 Å². The van der Waals surface area contributed by atoms with Gasteiger partial charge in [-0.3, -0.25) is 9.69 Å². The molecule has 0 saturated heterocycles. The Morgan fingerprint density at radius 2 is 1.48 bits per heavy atom. The Morgan fingerprint density at radius 3 is 2.00 bits per heavy atom. The van der Waals surface area contributed by atoms with Crippen LogP contribution in [0.4, 0.5) is 13.2 Å². The van der Waals surface area contributed by atoms with E-state index in [0.717, 1.165) is 5.56 Å². The van der Waals surface area contributed by atoms with E-state index in [0.29, 0.717) is 18.1 Å². The van der Waals surface area contributed by atoms with Gasteiger partial charge in [0.15, 0.2) is 0 Å². The summed E-state index contributed by atoms with van der Waals surface area (Å²) in [6.07, 6.45) is -5.08. The summed E-state index contributed by atoms with van der Waals surface area (Å²) in [7, 11) is 0. The van der Waals surface area contributed by atoms with E-state index in [9.17, 15) is 22.8 Å². The number of halogens is 4. The molecule has 1 aromatic heterocycles. The molecule has 3 aromatic carbocycles. The largest absolute Gasteiger partial charge is 0.453 e. The monoisotopic (exact) mass is 657 g/mol. The van der Waals surface area contributed by atoms with E-state index in [1.165, 1.54) is 36.4 Å². The lowest BCUT2D eigenvalue weighted by molar-refractivity contribution is -0.154. The molecule has 0 unspecified atom stereocenters. The minimum atomic E-state index is -5.08. The van der Waals surface area contributed by atoms with E-state index in [-0.39, 0.29) is 57.4 Å².